The average molecular weight is 769 g/mol. The van der Waals surface area contributed by atoms with Crippen molar-refractivity contribution in [1.29, 1.82) is 0 Å². The molecule has 51 heavy (non-hydrogen) atoms. The fraction of sp³-hybridized carbons (Fsp3) is 0.731. The van der Waals surface area contributed by atoms with Crippen LogP contribution in [0.2, 0.25) is 0 Å². The number of aromatic amines is 1. The Hall–Kier alpha value is -2.73. The molecule has 2 unspecified atom stereocenters. The number of imidazole rings is 1. The van der Waals surface area contributed by atoms with E-state index >= 15 is 0 Å². The lowest BCUT2D eigenvalue weighted by Crippen LogP contribution is -2.58. The van der Waals surface area contributed by atoms with Crippen LogP contribution in [0.15, 0.2) is 17.3 Å². The maximum absolute atomic E-state index is 12.7. The molecule has 3 aromatic heterocycles. The summed E-state index contributed by atoms with van der Waals surface area (Å²) in [6.07, 6.45) is -5.84. The molecule has 23 nitrogen and oxygen atoms in total. The maximum Gasteiger partial charge on any atom is 0.483 e. The number of aryl methyl sites for hydroxylation is 1. The van der Waals surface area contributed by atoms with Crippen LogP contribution in [0.5, 0.6) is 0 Å². The number of hydrogen-bond acceptors (Lipinski definition) is 18. The predicted molar refractivity (Wildman–Crippen MR) is 170 cm³/mol. The van der Waals surface area contributed by atoms with Crippen LogP contribution in [0.1, 0.15) is 57.4 Å². The normalized spacial score (nSPS) is 30.8. The number of nitrogens with two attached hydrogens (primary N) is 1. The second kappa shape index (κ2) is 16.5. The summed E-state index contributed by atoms with van der Waals surface area (Å²) in [6.45, 7) is 0.926. The Labute approximate surface area is 289 Å². The summed E-state index contributed by atoms with van der Waals surface area (Å²) in [5.74, 6) is -0.272. The van der Waals surface area contributed by atoms with Gasteiger partial charge in [-0.2, -0.15) is 9.29 Å². The third-order valence-corrected chi connectivity index (χ3v) is 10.9. The van der Waals surface area contributed by atoms with Crippen molar-refractivity contribution in [3.8, 4) is 0 Å². The van der Waals surface area contributed by atoms with Crippen LogP contribution in [-0.4, -0.2) is 125 Å². The summed E-state index contributed by atoms with van der Waals surface area (Å²) in [4.78, 5) is 42.6. The lowest BCUT2D eigenvalue weighted by Gasteiger charge is -2.40. The molecule has 2 aliphatic rings. The summed E-state index contributed by atoms with van der Waals surface area (Å²) < 4.78 is 52.5. The van der Waals surface area contributed by atoms with E-state index in [0.29, 0.717) is 12.1 Å². The first-order chi connectivity index (χ1) is 24.1. The second-order valence-electron chi connectivity index (χ2n) is 12.2. The highest BCUT2D eigenvalue weighted by molar-refractivity contribution is 7.61. The summed E-state index contributed by atoms with van der Waals surface area (Å²) >= 11 is 0. The third-order valence-electron chi connectivity index (χ3n) is 8.32. The van der Waals surface area contributed by atoms with Gasteiger partial charge >= 0.3 is 15.6 Å². The van der Waals surface area contributed by atoms with Crippen molar-refractivity contribution in [2.45, 2.75) is 114 Å². The van der Waals surface area contributed by atoms with Crippen LogP contribution in [0.25, 0.3) is 11.2 Å². The van der Waals surface area contributed by atoms with Gasteiger partial charge in [-0.3, -0.25) is 23.4 Å². The van der Waals surface area contributed by atoms with E-state index in [1.165, 1.54) is 11.1 Å². The molecule has 2 aliphatic heterocycles. The number of aliphatic hydroxyl groups is 5. The molecular formula is C26H42N8O15P2. The van der Waals surface area contributed by atoms with Gasteiger partial charge in [-0.15, -0.1) is 5.10 Å². The molecule has 0 aromatic carbocycles. The van der Waals surface area contributed by atoms with Gasteiger partial charge in [-0.05, 0) is 12.8 Å². The van der Waals surface area contributed by atoms with Crippen molar-refractivity contribution in [2.75, 3.05) is 12.3 Å². The molecule has 0 spiro atoms. The van der Waals surface area contributed by atoms with Crippen LogP contribution >= 0.6 is 15.6 Å². The van der Waals surface area contributed by atoms with E-state index in [1.54, 1.807) is 6.20 Å². The molecule has 2 saturated heterocycles. The SMILES string of the molecule is CCCCCCCCc1cn(C[C@@H]2O[C@H](OP(=O)(O)OP(=O)(O)OC[C@H]3O[C@@H](n4cnc5c(=O)[nH]c(N)nc54)[C@H](O)[C@@H]3O)[C@@H](O)[C@H](O)[C@@H]2O)nn1. The number of unbranched alkanes of at least 4 members (excludes halogenated alkanes) is 5. The molecule has 5 rings (SSSR count). The first-order valence-electron chi connectivity index (χ1n) is 16.1. The Morgan fingerprint density at radius 1 is 0.941 bits per heavy atom. The highest BCUT2D eigenvalue weighted by Crippen LogP contribution is 2.61. The van der Waals surface area contributed by atoms with Gasteiger partial charge in [0.15, 0.2) is 23.7 Å². The van der Waals surface area contributed by atoms with Crippen molar-refractivity contribution >= 4 is 32.8 Å². The van der Waals surface area contributed by atoms with Crippen molar-refractivity contribution in [3.05, 3.63) is 28.6 Å². The number of nitrogens with zero attached hydrogens (tertiary/aromatic N) is 6. The molecular weight excluding hydrogens is 726 g/mol. The number of rotatable bonds is 17. The smallest absolute Gasteiger partial charge is 0.388 e. The summed E-state index contributed by atoms with van der Waals surface area (Å²) in [6, 6.07) is 0. The predicted octanol–water partition coefficient (Wildman–Crippen LogP) is -1.43. The zero-order chi connectivity index (χ0) is 37.1. The van der Waals surface area contributed by atoms with E-state index in [4.69, 9.17) is 24.3 Å². The fourth-order valence-electron chi connectivity index (χ4n) is 5.67. The standard InChI is InChI=1S/C26H42N8O15P2/c1-2-3-4-5-6-7-8-13-9-33(32-31-13)10-14-17(35)19(37)21(39)25(47-14)48-51(43,44)49-50(41,42)45-11-15-18(36)20(38)24(46-15)34-12-28-16-22(34)29-26(27)30-23(16)40/h9,12,14-15,17-21,24-25,35-39H,2-8,10-11H2,1H3,(H,41,42)(H,43,44)(H3,27,29,30,40)/t14-,15+,17+,18+,19+,20+,21-,24+,25+/m0/s1. The van der Waals surface area contributed by atoms with Crippen molar-refractivity contribution < 1.29 is 67.3 Å². The quantitative estimate of drug-likeness (QED) is 0.0561. The largest absolute Gasteiger partial charge is 0.483 e. The van der Waals surface area contributed by atoms with E-state index in [9.17, 15) is 49.2 Å². The Balaban J connectivity index is 1.15. The number of phosphoric ester groups is 2. The van der Waals surface area contributed by atoms with Crippen LogP contribution in [0, 0.1) is 0 Å². The lowest BCUT2D eigenvalue weighted by molar-refractivity contribution is -0.278. The summed E-state index contributed by atoms with van der Waals surface area (Å²) in [7, 11) is -11.2. The Bertz CT molecular complexity index is 1770. The highest BCUT2D eigenvalue weighted by atomic mass is 31.3. The van der Waals surface area contributed by atoms with Gasteiger partial charge in [0.2, 0.25) is 5.95 Å². The van der Waals surface area contributed by atoms with Crippen LogP contribution < -0.4 is 11.3 Å². The number of aromatic nitrogens is 7. The monoisotopic (exact) mass is 768 g/mol. The Morgan fingerprint density at radius 2 is 1.65 bits per heavy atom. The number of ether oxygens (including phenoxy) is 2. The van der Waals surface area contributed by atoms with Crippen LogP contribution in [0.3, 0.4) is 0 Å². The topological polar surface area (TPSA) is 342 Å². The maximum atomic E-state index is 12.7. The molecule has 2 fully saturated rings. The minimum absolute atomic E-state index is 0.106. The number of H-pyrrole nitrogens is 1. The number of phosphoric acid groups is 2. The zero-order valence-electron chi connectivity index (χ0n) is 27.3. The molecule has 5 heterocycles. The number of hydrogen-bond donors (Lipinski definition) is 9. The Kier molecular flexibility index (Phi) is 12.8. The lowest BCUT2D eigenvalue weighted by atomic mass is 9.99. The fourth-order valence-corrected chi connectivity index (χ4v) is 7.82. The van der Waals surface area contributed by atoms with E-state index in [-0.39, 0.29) is 23.7 Å². The Morgan fingerprint density at radius 3 is 2.39 bits per heavy atom. The first-order valence-corrected chi connectivity index (χ1v) is 19.1. The minimum atomic E-state index is -5.64. The van der Waals surface area contributed by atoms with Gasteiger partial charge in [0.1, 0.15) is 42.7 Å². The molecule has 11 atom stereocenters. The van der Waals surface area contributed by atoms with E-state index in [2.05, 4.69) is 36.5 Å². The van der Waals surface area contributed by atoms with Gasteiger partial charge in [0.05, 0.1) is 25.2 Å². The van der Waals surface area contributed by atoms with E-state index < -0.39 is 83.1 Å². The van der Waals surface area contributed by atoms with Crippen molar-refractivity contribution in [1.82, 2.24) is 34.5 Å². The van der Waals surface area contributed by atoms with Gasteiger partial charge in [-0.25, -0.2) is 18.8 Å². The molecule has 0 aliphatic carbocycles. The molecule has 0 amide bonds. The van der Waals surface area contributed by atoms with Gasteiger partial charge in [0.25, 0.3) is 5.56 Å². The van der Waals surface area contributed by atoms with Gasteiger partial charge in [0, 0.05) is 6.20 Å². The number of fused-ring (bicyclic) bond motifs is 1. The van der Waals surface area contributed by atoms with Gasteiger partial charge < -0.3 is 50.5 Å². The molecule has 25 heteroatoms. The number of anilines is 1. The number of nitrogen functional groups attached to an aromatic ring is 1. The van der Waals surface area contributed by atoms with Crippen LogP contribution in [0.4, 0.5) is 5.95 Å². The third kappa shape index (κ3) is 9.64. The first kappa shape index (κ1) is 39.5. The summed E-state index contributed by atoms with van der Waals surface area (Å²) in [5, 5.41) is 60.4. The van der Waals surface area contributed by atoms with E-state index in [1.807, 2.05) is 0 Å². The number of nitrogens with one attached hydrogen (secondary N) is 1. The molecule has 0 radical (unpaired) electrons. The number of aliphatic hydroxyl groups excluding tert-OH is 5. The molecule has 3 aromatic rings. The molecule has 0 saturated carbocycles. The van der Waals surface area contributed by atoms with Crippen molar-refractivity contribution in [3.63, 3.8) is 0 Å². The van der Waals surface area contributed by atoms with Crippen molar-refractivity contribution in [2.24, 2.45) is 0 Å². The minimum Gasteiger partial charge on any atom is -0.388 e. The zero-order valence-corrected chi connectivity index (χ0v) is 29.1. The summed E-state index contributed by atoms with van der Waals surface area (Å²) in [5.41, 5.74) is 5.29. The van der Waals surface area contributed by atoms with Gasteiger partial charge in [-0.1, -0.05) is 44.2 Å². The second-order valence-corrected chi connectivity index (χ2v) is 15.2. The molecule has 10 N–H and O–H groups in total. The van der Waals surface area contributed by atoms with Crippen LogP contribution in [-0.2, 0) is 44.9 Å². The highest BCUT2D eigenvalue weighted by Gasteiger charge is 2.50. The molecule has 0 bridgehead atoms. The molecule has 286 valence electrons. The average Bonchev–Trinajstić information content (AvgIpc) is 3.76. The van der Waals surface area contributed by atoms with E-state index in [0.717, 1.165) is 43.0 Å².